The highest BCUT2D eigenvalue weighted by Crippen LogP contribution is 2.30. The number of piperazine rings is 1. The number of hydrogen-bond donors (Lipinski definition) is 1. The summed E-state index contributed by atoms with van der Waals surface area (Å²) in [5.74, 6) is -0.669. The summed E-state index contributed by atoms with van der Waals surface area (Å²) in [6.07, 6.45) is 3.55. The van der Waals surface area contributed by atoms with Crippen molar-refractivity contribution in [1.82, 2.24) is 9.88 Å². The SMILES string of the molecule is CCOC(=O)c1c(N2CCN(C(=O)C3CC=CO3)CC2)c2cc(C)ccc2[nH]c1=O. The lowest BCUT2D eigenvalue weighted by Gasteiger charge is -2.37. The van der Waals surface area contributed by atoms with Crippen LogP contribution < -0.4 is 10.5 Å². The molecule has 0 radical (unpaired) electrons. The van der Waals surface area contributed by atoms with Crippen LogP contribution in [0.5, 0.6) is 0 Å². The highest BCUT2D eigenvalue weighted by molar-refractivity contribution is 6.05. The van der Waals surface area contributed by atoms with Gasteiger partial charge in [-0.3, -0.25) is 9.59 Å². The van der Waals surface area contributed by atoms with E-state index in [0.29, 0.717) is 43.8 Å². The number of aryl methyl sites for hydroxylation is 1. The minimum Gasteiger partial charge on any atom is -0.488 e. The summed E-state index contributed by atoms with van der Waals surface area (Å²) in [7, 11) is 0. The molecule has 158 valence electrons. The fourth-order valence-corrected chi connectivity index (χ4v) is 4.01. The zero-order chi connectivity index (χ0) is 21.3. The van der Waals surface area contributed by atoms with E-state index in [1.54, 1.807) is 18.1 Å². The Kier molecular flexibility index (Phi) is 5.48. The normalized spacial score (nSPS) is 18.5. The quantitative estimate of drug-likeness (QED) is 0.774. The van der Waals surface area contributed by atoms with Gasteiger partial charge in [0.25, 0.3) is 11.5 Å². The van der Waals surface area contributed by atoms with Crippen LogP contribution in [-0.4, -0.2) is 60.7 Å². The molecule has 4 rings (SSSR count). The Morgan fingerprint density at radius 1 is 1.23 bits per heavy atom. The number of carbonyl (C=O) groups excluding carboxylic acids is 2. The van der Waals surface area contributed by atoms with E-state index >= 15 is 0 Å². The first-order chi connectivity index (χ1) is 14.5. The van der Waals surface area contributed by atoms with Crippen LogP contribution in [0.25, 0.3) is 10.9 Å². The molecule has 0 aliphatic carbocycles. The van der Waals surface area contributed by atoms with E-state index in [2.05, 4.69) is 4.98 Å². The Morgan fingerprint density at radius 3 is 2.67 bits per heavy atom. The minimum absolute atomic E-state index is 0.0121. The number of H-pyrrole nitrogens is 1. The summed E-state index contributed by atoms with van der Waals surface area (Å²) in [4.78, 5) is 44.6. The zero-order valence-electron chi connectivity index (χ0n) is 17.1. The molecular formula is C22H25N3O5. The first-order valence-corrected chi connectivity index (χ1v) is 10.2. The standard InChI is InChI=1S/C22H25N3O5/c1-3-29-22(28)18-19(15-13-14(2)6-7-16(15)23-20(18)26)24-8-10-25(11-9-24)21(27)17-5-4-12-30-17/h4,6-7,12-13,17H,3,5,8-11H2,1-2H3,(H,23,26). The molecule has 1 saturated heterocycles. The molecule has 1 amide bonds. The Morgan fingerprint density at radius 2 is 2.00 bits per heavy atom. The maximum atomic E-state index is 12.8. The van der Waals surface area contributed by atoms with E-state index in [1.165, 1.54) is 0 Å². The second kappa shape index (κ2) is 8.22. The second-order valence-electron chi connectivity index (χ2n) is 7.49. The van der Waals surface area contributed by atoms with Gasteiger partial charge in [-0.05, 0) is 32.1 Å². The Hall–Kier alpha value is -3.29. The Balaban J connectivity index is 1.68. The molecule has 1 N–H and O–H groups in total. The van der Waals surface area contributed by atoms with Gasteiger partial charge in [0.15, 0.2) is 6.10 Å². The number of anilines is 1. The predicted octanol–water partition coefficient (Wildman–Crippen LogP) is 1.96. The monoisotopic (exact) mass is 411 g/mol. The molecule has 1 fully saturated rings. The maximum absolute atomic E-state index is 12.8. The third-order valence-electron chi connectivity index (χ3n) is 5.49. The van der Waals surface area contributed by atoms with Gasteiger partial charge in [-0.1, -0.05) is 11.6 Å². The molecule has 8 heteroatoms. The van der Waals surface area contributed by atoms with E-state index in [-0.39, 0.29) is 18.1 Å². The number of aromatic amines is 1. The Labute approximate surface area is 174 Å². The van der Waals surface area contributed by atoms with E-state index in [0.717, 1.165) is 10.9 Å². The number of hydrogen-bond acceptors (Lipinski definition) is 6. The molecule has 1 atom stereocenters. The lowest BCUT2D eigenvalue weighted by molar-refractivity contribution is -0.139. The van der Waals surface area contributed by atoms with Crippen molar-refractivity contribution in [3.8, 4) is 0 Å². The number of nitrogens with zero attached hydrogens (tertiary/aromatic N) is 2. The topological polar surface area (TPSA) is 91.9 Å². The number of benzene rings is 1. The van der Waals surface area contributed by atoms with Gasteiger partial charge in [0.1, 0.15) is 5.56 Å². The fourth-order valence-electron chi connectivity index (χ4n) is 4.01. The molecule has 2 aromatic rings. The number of rotatable bonds is 4. The van der Waals surface area contributed by atoms with Gasteiger partial charge in [-0.25, -0.2) is 4.79 Å². The van der Waals surface area contributed by atoms with E-state index < -0.39 is 17.6 Å². The lowest BCUT2D eigenvalue weighted by Crippen LogP contribution is -2.52. The summed E-state index contributed by atoms with van der Waals surface area (Å²) in [5, 5.41) is 0.792. The van der Waals surface area contributed by atoms with Crippen molar-refractivity contribution in [2.24, 2.45) is 0 Å². The van der Waals surface area contributed by atoms with Crippen LogP contribution in [-0.2, 0) is 14.3 Å². The highest BCUT2D eigenvalue weighted by atomic mass is 16.5. The molecule has 3 heterocycles. The number of aromatic nitrogens is 1. The van der Waals surface area contributed by atoms with Gasteiger partial charge in [0.2, 0.25) is 0 Å². The molecular weight excluding hydrogens is 386 g/mol. The maximum Gasteiger partial charge on any atom is 0.345 e. The molecule has 0 saturated carbocycles. The molecule has 0 bridgehead atoms. The predicted molar refractivity (Wildman–Crippen MR) is 113 cm³/mol. The van der Waals surface area contributed by atoms with Crippen molar-refractivity contribution >= 4 is 28.5 Å². The van der Waals surface area contributed by atoms with Gasteiger partial charge >= 0.3 is 5.97 Å². The number of pyridine rings is 1. The van der Waals surface area contributed by atoms with Crippen LogP contribution in [0.15, 0.2) is 35.3 Å². The average molecular weight is 411 g/mol. The molecule has 1 aromatic heterocycles. The fraction of sp³-hybridized carbons (Fsp3) is 0.409. The molecule has 0 spiro atoms. The molecule has 2 aliphatic heterocycles. The smallest absolute Gasteiger partial charge is 0.345 e. The lowest BCUT2D eigenvalue weighted by atomic mass is 10.0. The Bertz CT molecular complexity index is 1060. The first kappa shape index (κ1) is 20.0. The van der Waals surface area contributed by atoms with Crippen molar-refractivity contribution in [3.05, 3.63) is 52.0 Å². The number of fused-ring (bicyclic) bond motifs is 1. The summed E-state index contributed by atoms with van der Waals surface area (Å²) in [5.41, 5.74) is 1.80. The van der Waals surface area contributed by atoms with Gasteiger partial charge in [0, 0.05) is 38.0 Å². The summed E-state index contributed by atoms with van der Waals surface area (Å²) in [6, 6.07) is 5.71. The molecule has 2 aliphatic rings. The number of carbonyl (C=O) groups is 2. The van der Waals surface area contributed by atoms with Gasteiger partial charge in [0.05, 0.1) is 24.1 Å². The van der Waals surface area contributed by atoms with Crippen LogP contribution >= 0.6 is 0 Å². The number of nitrogens with one attached hydrogen (secondary N) is 1. The van der Waals surface area contributed by atoms with Crippen LogP contribution in [0.1, 0.15) is 29.3 Å². The largest absolute Gasteiger partial charge is 0.488 e. The van der Waals surface area contributed by atoms with Crippen molar-refractivity contribution in [3.63, 3.8) is 0 Å². The number of esters is 1. The molecule has 8 nitrogen and oxygen atoms in total. The minimum atomic E-state index is -0.638. The summed E-state index contributed by atoms with van der Waals surface area (Å²) >= 11 is 0. The highest BCUT2D eigenvalue weighted by Gasteiger charge is 2.32. The molecule has 1 unspecified atom stereocenters. The number of ether oxygens (including phenoxy) is 2. The number of amides is 1. The van der Waals surface area contributed by atoms with Crippen LogP contribution in [0.2, 0.25) is 0 Å². The van der Waals surface area contributed by atoms with E-state index in [1.807, 2.05) is 36.1 Å². The van der Waals surface area contributed by atoms with Crippen molar-refractivity contribution in [1.29, 1.82) is 0 Å². The van der Waals surface area contributed by atoms with E-state index in [9.17, 15) is 14.4 Å². The third kappa shape index (κ3) is 3.65. The van der Waals surface area contributed by atoms with Crippen LogP contribution in [0.4, 0.5) is 5.69 Å². The zero-order valence-corrected chi connectivity index (χ0v) is 17.1. The van der Waals surface area contributed by atoms with Crippen LogP contribution in [0.3, 0.4) is 0 Å². The second-order valence-corrected chi connectivity index (χ2v) is 7.49. The van der Waals surface area contributed by atoms with Gasteiger partial charge in [-0.15, -0.1) is 0 Å². The van der Waals surface area contributed by atoms with Gasteiger partial charge < -0.3 is 24.3 Å². The molecule has 30 heavy (non-hydrogen) atoms. The average Bonchev–Trinajstić information content (AvgIpc) is 3.28. The van der Waals surface area contributed by atoms with Crippen molar-refractivity contribution in [2.75, 3.05) is 37.7 Å². The summed E-state index contributed by atoms with van der Waals surface area (Å²) < 4.78 is 10.5. The summed E-state index contributed by atoms with van der Waals surface area (Å²) in [6.45, 7) is 5.84. The first-order valence-electron chi connectivity index (χ1n) is 10.2. The van der Waals surface area contributed by atoms with E-state index in [4.69, 9.17) is 9.47 Å². The van der Waals surface area contributed by atoms with Crippen LogP contribution in [0, 0.1) is 6.92 Å². The molecule has 1 aromatic carbocycles. The van der Waals surface area contributed by atoms with Gasteiger partial charge in [-0.2, -0.15) is 0 Å². The third-order valence-corrected chi connectivity index (χ3v) is 5.49. The van der Waals surface area contributed by atoms with Crippen molar-refractivity contribution in [2.45, 2.75) is 26.4 Å². The van der Waals surface area contributed by atoms with Crippen molar-refractivity contribution < 1.29 is 19.1 Å².